The molecule has 2 atom stereocenters. The second-order valence-electron chi connectivity index (χ2n) is 4.11. The first kappa shape index (κ1) is 12.3. The van der Waals surface area contributed by atoms with Gasteiger partial charge in [0.2, 0.25) is 0 Å². The van der Waals surface area contributed by atoms with E-state index in [-0.39, 0.29) is 22.0 Å². The van der Waals surface area contributed by atoms with Crippen LogP contribution in [0.25, 0.3) is 0 Å². The van der Waals surface area contributed by atoms with Crippen molar-refractivity contribution in [2.75, 3.05) is 6.61 Å². The van der Waals surface area contributed by atoms with Crippen LogP contribution in [0.4, 0.5) is 5.69 Å². The molecule has 17 heavy (non-hydrogen) atoms. The van der Waals surface area contributed by atoms with Gasteiger partial charge in [0.05, 0.1) is 11.0 Å². The Morgan fingerprint density at radius 2 is 2.41 bits per heavy atom. The third kappa shape index (κ3) is 2.76. The summed E-state index contributed by atoms with van der Waals surface area (Å²) in [5, 5.41) is 11.7. The van der Waals surface area contributed by atoms with Crippen molar-refractivity contribution in [2.45, 2.75) is 36.6 Å². The lowest BCUT2D eigenvalue weighted by molar-refractivity contribution is -0.388. The molecule has 5 nitrogen and oxygen atoms in total. The van der Waals surface area contributed by atoms with Crippen LogP contribution in [0.3, 0.4) is 0 Å². The number of aryl methyl sites for hydroxylation is 1. The highest BCUT2D eigenvalue weighted by molar-refractivity contribution is 8.00. The van der Waals surface area contributed by atoms with Crippen LogP contribution in [0, 0.1) is 17.0 Å². The summed E-state index contributed by atoms with van der Waals surface area (Å²) < 4.78 is 5.44. The lowest BCUT2D eigenvalue weighted by Crippen LogP contribution is -2.13. The molecule has 1 saturated heterocycles. The van der Waals surface area contributed by atoms with E-state index in [0.29, 0.717) is 5.03 Å². The van der Waals surface area contributed by atoms with Crippen molar-refractivity contribution in [2.24, 2.45) is 0 Å². The molecule has 1 aromatic heterocycles. The molecule has 0 spiro atoms. The van der Waals surface area contributed by atoms with Gasteiger partial charge in [-0.2, -0.15) is 0 Å². The summed E-state index contributed by atoms with van der Waals surface area (Å²) in [4.78, 5) is 14.7. The molecule has 2 heterocycles. The van der Waals surface area contributed by atoms with Gasteiger partial charge in [-0.15, -0.1) is 0 Å². The third-order valence-corrected chi connectivity index (χ3v) is 4.19. The molecule has 0 bridgehead atoms. The zero-order valence-corrected chi connectivity index (χ0v) is 10.6. The van der Waals surface area contributed by atoms with Crippen molar-refractivity contribution in [1.29, 1.82) is 0 Å². The van der Waals surface area contributed by atoms with E-state index in [0.717, 1.165) is 18.6 Å². The first-order valence-electron chi connectivity index (χ1n) is 5.47. The Bertz CT molecular complexity index is 439. The number of ether oxygens (including phenoxy) is 1. The predicted octanol–water partition coefficient (Wildman–Crippen LogP) is 2.57. The van der Waals surface area contributed by atoms with Gasteiger partial charge in [-0.1, -0.05) is 11.8 Å². The van der Waals surface area contributed by atoms with Crippen molar-refractivity contribution < 1.29 is 9.66 Å². The van der Waals surface area contributed by atoms with Gasteiger partial charge in [0, 0.05) is 24.1 Å². The Morgan fingerprint density at radius 1 is 1.65 bits per heavy atom. The molecule has 1 aromatic rings. The molecular formula is C11H14N2O3S. The standard InChI is InChI=1S/C11H14N2O3S/c1-7-5-9(13(14)15)11(12-6-7)17-10-3-4-16-8(10)2/h5-6,8,10H,3-4H2,1-2H3/t8-,10-/m1/s1. The fraction of sp³-hybridized carbons (Fsp3) is 0.545. The van der Waals surface area contributed by atoms with Gasteiger partial charge in [0.25, 0.3) is 0 Å². The quantitative estimate of drug-likeness (QED) is 0.612. The van der Waals surface area contributed by atoms with Crippen molar-refractivity contribution in [3.8, 4) is 0 Å². The fourth-order valence-electron chi connectivity index (χ4n) is 1.77. The van der Waals surface area contributed by atoms with Gasteiger partial charge in [-0.25, -0.2) is 4.98 Å². The second kappa shape index (κ2) is 5.01. The smallest absolute Gasteiger partial charge is 0.301 e. The summed E-state index contributed by atoms with van der Waals surface area (Å²) >= 11 is 1.45. The number of thioether (sulfide) groups is 1. The molecular weight excluding hydrogens is 240 g/mol. The van der Waals surface area contributed by atoms with E-state index in [1.54, 1.807) is 19.2 Å². The number of nitro groups is 1. The minimum absolute atomic E-state index is 0.0918. The summed E-state index contributed by atoms with van der Waals surface area (Å²) in [7, 11) is 0. The minimum atomic E-state index is -0.372. The highest BCUT2D eigenvalue weighted by Crippen LogP contribution is 2.36. The van der Waals surface area contributed by atoms with Gasteiger partial charge in [0.15, 0.2) is 5.03 Å². The van der Waals surface area contributed by atoms with Gasteiger partial charge in [-0.05, 0) is 25.8 Å². The lowest BCUT2D eigenvalue weighted by Gasteiger charge is -2.12. The molecule has 6 heteroatoms. The molecule has 0 aliphatic carbocycles. The van der Waals surface area contributed by atoms with Crippen LogP contribution in [0.5, 0.6) is 0 Å². The first-order valence-corrected chi connectivity index (χ1v) is 6.35. The van der Waals surface area contributed by atoms with Crippen LogP contribution in [-0.2, 0) is 4.74 Å². The zero-order chi connectivity index (χ0) is 12.4. The van der Waals surface area contributed by atoms with Crippen molar-refractivity contribution >= 4 is 17.4 Å². The van der Waals surface area contributed by atoms with E-state index < -0.39 is 0 Å². The van der Waals surface area contributed by atoms with Crippen LogP contribution in [0.2, 0.25) is 0 Å². The number of hydrogen-bond donors (Lipinski definition) is 0. The summed E-state index contributed by atoms with van der Waals surface area (Å²) in [6, 6.07) is 1.57. The average Bonchev–Trinajstić information content (AvgIpc) is 2.67. The molecule has 0 N–H and O–H groups in total. The molecule has 1 fully saturated rings. The molecule has 0 amide bonds. The summed E-state index contributed by atoms with van der Waals surface area (Å²) in [5.41, 5.74) is 0.894. The topological polar surface area (TPSA) is 65.3 Å². The van der Waals surface area contributed by atoms with Crippen LogP contribution in [-0.4, -0.2) is 27.9 Å². The maximum atomic E-state index is 11.0. The summed E-state index contributed by atoms with van der Waals surface area (Å²) in [6.07, 6.45) is 2.71. The van der Waals surface area contributed by atoms with Gasteiger partial charge >= 0.3 is 5.69 Å². The van der Waals surface area contributed by atoms with Crippen molar-refractivity contribution in [1.82, 2.24) is 4.98 Å². The largest absolute Gasteiger partial charge is 0.377 e. The summed E-state index contributed by atoms with van der Waals surface area (Å²) in [5.74, 6) is 0. The molecule has 2 rings (SSSR count). The number of nitrogens with zero attached hydrogens (tertiary/aromatic N) is 2. The molecule has 0 radical (unpaired) electrons. The molecule has 92 valence electrons. The second-order valence-corrected chi connectivity index (χ2v) is 5.34. The molecule has 0 aromatic carbocycles. The molecule has 0 unspecified atom stereocenters. The maximum absolute atomic E-state index is 11.0. The van der Waals surface area contributed by atoms with Crippen molar-refractivity contribution in [3.63, 3.8) is 0 Å². The van der Waals surface area contributed by atoms with Gasteiger partial charge in [0.1, 0.15) is 0 Å². The van der Waals surface area contributed by atoms with E-state index >= 15 is 0 Å². The Kier molecular flexibility index (Phi) is 3.63. The van der Waals surface area contributed by atoms with Gasteiger partial charge < -0.3 is 4.74 Å². The first-order chi connectivity index (χ1) is 8.08. The number of aromatic nitrogens is 1. The minimum Gasteiger partial charge on any atom is -0.377 e. The fourth-order valence-corrected chi connectivity index (χ4v) is 2.91. The Morgan fingerprint density at radius 3 is 3.00 bits per heavy atom. The van der Waals surface area contributed by atoms with E-state index in [9.17, 15) is 10.1 Å². The number of hydrogen-bond acceptors (Lipinski definition) is 5. The Labute approximate surface area is 104 Å². The highest BCUT2D eigenvalue weighted by atomic mass is 32.2. The normalized spacial score (nSPS) is 23.9. The van der Waals surface area contributed by atoms with Gasteiger partial charge in [-0.3, -0.25) is 10.1 Å². The highest BCUT2D eigenvalue weighted by Gasteiger charge is 2.28. The lowest BCUT2D eigenvalue weighted by atomic mass is 10.3. The number of pyridine rings is 1. The van der Waals surface area contributed by atoms with Crippen LogP contribution < -0.4 is 0 Å². The van der Waals surface area contributed by atoms with E-state index in [2.05, 4.69) is 4.98 Å². The Hall–Kier alpha value is -1.14. The SMILES string of the molecule is Cc1cnc(S[C@@H]2CCO[C@@H]2C)c([N+](=O)[O-])c1. The molecule has 1 aliphatic rings. The van der Waals surface area contributed by atoms with E-state index in [1.165, 1.54) is 11.8 Å². The summed E-state index contributed by atoms with van der Waals surface area (Å²) in [6.45, 7) is 4.51. The molecule has 1 aliphatic heterocycles. The monoisotopic (exact) mass is 254 g/mol. The predicted molar refractivity (Wildman–Crippen MR) is 65.3 cm³/mol. The van der Waals surface area contributed by atoms with Crippen LogP contribution in [0.1, 0.15) is 18.9 Å². The van der Waals surface area contributed by atoms with E-state index in [4.69, 9.17) is 4.74 Å². The van der Waals surface area contributed by atoms with Crippen LogP contribution >= 0.6 is 11.8 Å². The van der Waals surface area contributed by atoms with Crippen molar-refractivity contribution in [3.05, 3.63) is 27.9 Å². The van der Waals surface area contributed by atoms with E-state index in [1.807, 2.05) is 6.92 Å². The van der Waals surface area contributed by atoms with Crippen LogP contribution in [0.15, 0.2) is 17.3 Å². The third-order valence-electron chi connectivity index (χ3n) is 2.74. The number of rotatable bonds is 3. The zero-order valence-electron chi connectivity index (χ0n) is 9.75. The average molecular weight is 254 g/mol. The maximum Gasteiger partial charge on any atom is 0.301 e. The Balaban J connectivity index is 2.22. The molecule has 0 saturated carbocycles.